The van der Waals surface area contributed by atoms with E-state index in [0.29, 0.717) is 22.9 Å². The number of amides is 2. The van der Waals surface area contributed by atoms with Crippen molar-refractivity contribution in [2.24, 2.45) is 0 Å². The van der Waals surface area contributed by atoms with Gasteiger partial charge in [-0.05, 0) is 67.4 Å². The van der Waals surface area contributed by atoms with Gasteiger partial charge in [0.2, 0.25) is 11.8 Å². The molecule has 1 N–H and O–H groups in total. The highest BCUT2D eigenvalue weighted by Crippen LogP contribution is 2.32. The summed E-state index contributed by atoms with van der Waals surface area (Å²) in [7, 11) is -1.59. The van der Waals surface area contributed by atoms with Crippen LogP contribution in [0.2, 0.25) is 5.02 Å². The van der Waals surface area contributed by atoms with Crippen molar-refractivity contribution in [3.63, 3.8) is 0 Å². The monoisotopic (exact) mass is 619 g/mol. The fraction of sp³-hybridized carbons (Fsp3) is 0.333. The molecule has 0 saturated heterocycles. The Kier molecular flexibility index (Phi) is 11.6. The van der Waals surface area contributed by atoms with E-state index in [1.807, 2.05) is 6.92 Å². The molecule has 226 valence electrons. The summed E-state index contributed by atoms with van der Waals surface area (Å²) in [6.45, 7) is 3.38. The van der Waals surface area contributed by atoms with E-state index in [1.165, 1.54) is 49.5 Å². The number of carbonyl (C=O) groups is 2. The molecular weight excluding hydrogens is 585 g/mol. The number of carbonyl (C=O) groups excluding carboxylic acids is 2. The Bertz CT molecular complexity index is 1470. The Morgan fingerprint density at radius 3 is 2.21 bits per heavy atom. The van der Waals surface area contributed by atoms with Crippen LogP contribution in [-0.2, 0) is 26.2 Å². The maximum Gasteiger partial charge on any atom is 0.264 e. The number of nitrogens with zero attached hydrogens (tertiary/aromatic N) is 2. The Morgan fingerprint density at radius 1 is 0.976 bits per heavy atom. The van der Waals surface area contributed by atoms with Crippen molar-refractivity contribution >= 4 is 39.1 Å². The lowest BCUT2D eigenvalue weighted by atomic mass is 10.1. The van der Waals surface area contributed by atoms with Crippen LogP contribution in [0.1, 0.15) is 32.3 Å². The van der Waals surface area contributed by atoms with Gasteiger partial charge in [0.1, 0.15) is 18.4 Å². The second-order valence-electron chi connectivity index (χ2n) is 9.47. The van der Waals surface area contributed by atoms with Crippen LogP contribution >= 0.6 is 11.6 Å². The average molecular weight is 620 g/mol. The molecule has 1 atom stereocenters. The zero-order chi connectivity index (χ0) is 30.9. The molecule has 42 heavy (non-hydrogen) atoms. The van der Waals surface area contributed by atoms with E-state index in [-0.39, 0.29) is 28.8 Å². The van der Waals surface area contributed by atoms with Gasteiger partial charge < -0.3 is 19.7 Å². The minimum atomic E-state index is -4.39. The van der Waals surface area contributed by atoms with Crippen LogP contribution in [0.5, 0.6) is 11.5 Å². The molecule has 0 bridgehead atoms. The van der Waals surface area contributed by atoms with Crippen molar-refractivity contribution in [2.75, 3.05) is 31.6 Å². The molecule has 0 aliphatic rings. The van der Waals surface area contributed by atoms with Gasteiger partial charge in [0, 0.05) is 24.2 Å². The maximum atomic E-state index is 14.0. The van der Waals surface area contributed by atoms with Gasteiger partial charge in [-0.15, -0.1) is 0 Å². The van der Waals surface area contributed by atoms with E-state index in [0.717, 1.165) is 29.3 Å². The lowest BCUT2D eigenvalue weighted by Crippen LogP contribution is -2.51. The van der Waals surface area contributed by atoms with Gasteiger partial charge in [0.25, 0.3) is 10.0 Å². The summed E-state index contributed by atoms with van der Waals surface area (Å²) < 4.78 is 53.2. The number of sulfonamides is 1. The van der Waals surface area contributed by atoms with Crippen LogP contribution in [-0.4, -0.2) is 58.5 Å². The molecule has 0 aliphatic carbocycles. The Balaban J connectivity index is 2.03. The molecule has 3 rings (SSSR count). The highest BCUT2D eigenvalue weighted by atomic mass is 35.5. The molecule has 0 radical (unpaired) electrons. The normalized spacial score (nSPS) is 11.9. The molecular formula is C30H35ClFN3O6S. The molecule has 0 unspecified atom stereocenters. The van der Waals surface area contributed by atoms with Crippen LogP contribution in [0.15, 0.2) is 71.6 Å². The molecule has 3 aromatic rings. The summed E-state index contributed by atoms with van der Waals surface area (Å²) in [5.74, 6) is -1.10. The molecule has 0 saturated carbocycles. The molecule has 2 amide bonds. The third-order valence-electron chi connectivity index (χ3n) is 6.60. The van der Waals surface area contributed by atoms with E-state index >= 15 is 0 Å². The fourth-order valence-corrected chi connectivity index (χ4v) is 5.70. The molecule has 0 fully saturated rings. The van der Waals surface area contributed by atoms with Gasteiger partial charge in [-0.2, -0.15) is 0 Å². The lowest BCUT2D eigenvalue weighted by molar-refractivity contribution is -0.139. The Morgan fingerprint density at radius 2 is 1.62 bits per heavy atom. The summed E-state index contributed by atoms with van der Waals surface area (Å²) >= 11 is 6.03. The third-order valence-corrected chi connectivity index (χ3v) is 8.62. The quantitative estimate of drug-likeness (QED) is 0.254. The predicted molar refractivity (Wildman–Crippen MR) is 160 cm³/mol. The number of halogens is 2. The minimum Gasteiger partial charge on any atom is -0.493 e. The summed E-state index contributed by atoms with van der Waals surface area (Å²) in [5.41, 5.74) is 0.753. The van der Waals surface area contributed by atoms with E-state index in [9.17, 15) is 22.4 Å². The first kappa shape index (κ1) is 32.7. The zero-order valence-corrected chi connectivity index (χ0v) is 25.5. The molecule has 3 aromatic carbocycles. The van der Waals surface area contributed by atoms with Gasteiger partial charge in [-0.25, -0.2) is 12.8 Å². The van der Waals surface area contributed by atoms with Crippen molar-refractivity contribution < 1.29 is 31.9 Å². The summed E-state index contributed by atoms with van der Waals surface area (Å²) in [4.78, 5) is 28.1. The first-order chi connectivity index (χ1) is 20.0. The van der Waals surface area contributed by atoms with Crippen LogP contribution in [0.3, 0.4) is 0 Å². The first-order valence-electron chi connectivity index (χ1n) is 13.3. The molecule has 12 heteroatoms. The van der Waals surface area contributed by atoms with Crippen LogP contribution in [0, 0.1) is 5.82 Å². The molecule has 0 aliphatic heterocycles. The first-order valence-corrected chi connectivity index (χ1v) is 15.2. The highest BCUT2D eigenvalue weighted by Gasteiger charge is 2.33. The number of ether oxygens (including phenoxy) is 2. The second-order valence-corrected chi connectivity index (χ2v) is 11.8. The lowest BCUT2D eigenvalue weighted by Gasteiger charge is -2.32. The van der Waals surface area contributed by atoms with Crippen LogP contribution in [0.4, 0.5) is 10.1 Å². The molecule has 9 nitrogen and oxygen atoms in total. The van der Waals surface area contributed by atoms with Crippen molar-refractivity contribution in [1.82, 2.24) is 10.2 Å². The number of hydrogen-bond donors (Lipinski definition) is 1. The van der Waals surface area contributed by atoms with E-state index in [2.05, 4.69) is 5.32 Å². The minimum absolute atomic E-state index is 0.0199. The fourth-order valence-electron chi connectivity index (χ4n) is 4.15. The summed E-state index contributed by atoms with van der Waals surface area (Å²) in [6.07, 6.45) is 1.65. The number of nitrogens with one attached hydrogen (secondary N) is 1. The number of unbranched alkanes of at least 4 members (excludes halogenated alkanes) is 1. The van der Waals surface area contributed by atoms with Gasteiger partial charge in [-0.3, -0.25) is 13.9 Å². The molecule has 0 heterocycles. The number of anilines is 1. The maximum absolute atomic E-state index is 14.0. The summed E-state index contributed by atoms with van der Waals surface area (Å²) in [6, 6.07) is 14.6. The SMILES string of the molecule is CCCCNC(=O)[C@H](C)N(Cc1ccc(Cl)cc1)C(=O)CN(c1ccc(F)cc1)S(=O)(=O)c1ccc(OC)c(OC)c1. The van der Waals surface area contributed by atoms with Gasteiger partial charge in [-0.1, -0.05) is 37.1 Å². The van der Waals surface area contributed by atoms with E-state index in [4.69, 9.17) is 21.1 Å². The van der Waals surface area contributed by atoms with E-state index < -0.39 is 34.3 Å². The van der Waals surface area contributed by atoms with Gasteiger partial charge >= 0.3 is 0 Å². The van der Waals surface area contributed by atoms with Gasteiger partial charge in [0.05, 0.1) is 24.8 Å². The smallest absolute Gasteiger partial charge is 0.264 e. The second kappa shape index (κ2) is 14.9. The number of rotatable bonds is 14. The van der Waals surface area contributed by atoms with Crippen molar-refractivity contribution in [3.8, 4) is 11.5 Å². The number of hydrogen-bond acceptors (Lipinski definition) is 6. The van der Waals surface area contributed by atoms with E-state index in [1.54, 1.807) is 31.2 Å². The van der Waals surface area contributed by atoms with Crippen molar-refractivity contribution in [3.05, 3.63) is 83.1 Å². The Hall–Kier alpha value is -3.83. The van der Waals surface area contributed by atoms with Crippen molar-refractivity contribution in [2.45, 2.75) is 44.2 Å². The highest BCUT2D eigenvalue weighted by molar-refractivity contribution is 7.92. The topological polar surface area (TPSA) is 105 Å². The Labute approximate surface area is 251 Å². The third kappa shape index (κ3) is 8.13. The largest absolute Gasteiger partial charge is 0.493 e. The molecule has 0 spiro atoms. The summed E-state index contributed by atoms with van der Waals surface area (Å²) in [5, 5.41) is 3.34. The standard InChI is InChI=1S/C30H35ClFN3O6S/c1-5-6-17-33-30(37)21(2)34(19-22-7-9-23(31)10-8-22)29(36)20-35(25-13-11-24(32)12-14-25)42(38,39)26-15-16-27(40-3)28(18-26)41-4/h7-16,18,21H,5-6,17,19-20H2,1-4H3,(H,33,37)/t21-/m0/s1. The van der Waals surface area contributed by atoms with Crippen LogP contribution in [0.25, 0.3) is 0 Å². The molecule has 0 aromatic heterocycles. The number of methoxy groups -OCH3 is 2. The predicted octanol–water partition coefficient (Wildman–Crippen LogP) is 5.03. The zero-order valence-electron chi connectivity index (χ0n) is 24.0. The van der Waals surface area contributed by atoms with Crippen LogP contribution < -0.4 is 19.1 Å². The number of benzene rings is 3. The van der Waals surface area contributed by atoms with Gasteiger partial charge in [0.15, 0.2) is 11.5 Å². The van der Waals surface area contributed by atoms with Crippen molar-refractivity contribution in [1.29, 1.82) is 0 Å². The average Bonchev–Trinajstić information content (AvgIpc) is 2.99.